The lowest BCUT2D eigenvalue weighted by Crippen LogP contribution is -2.38. The summed E-state index contributed by atoms with van der Waals surface area (Å²) in [7, 11) is 0. The second kappa shape index (κ2) is 9.80. The van der Waals surface area contributed by atoms with Crippen LogP contribution in [0.1, 0.15) is 18.1 Å². The van der Waals surface area contributed by atoms with Crippen molar-refractivity contribution < 1.29 is 4.92 Å². The van der Waals surface area contributed by atoms with E-state index in [1.165, 1.54) is 11.1 Å². The Kier molecular flexibility index (Phi) is 7.39. The van der Waals surface area contributed by atoms with Gasteiger partial charge in [0, 0.05) is 38.0 Å². The van der Waals surface area contributed by atoms with Crippen LogP contribution in [0.15, 0.2) is 60.7 Å². The van der Waals surface area contributed by atoms with E-state index in [0.717, 1.165) is 26.2 Å². The van der Waals surface area contributed by atoms with Crippen LogP contribution in [0, 0.1) is 10.1 Å². The molecular formula is C19H25N3O2. The molecule has 0 spiro atoms. The second-order valence-electron chi connectivity index (χ2n) is 6.02. The topological polar surface area (TPSA) is 58.4 Å². The zero-order valence-corrected chi connectivity index (χ0v) is 14.1. The zero-order chi connectivity index (χ0) is 17.2. The molecule has 0 saturated carbocycles. The third-order valence-electron chi connectivity index (χ3n) is 3.91. The van der Waals surface area contributed by atoms with Gasteiger partial charge in [-0.1, -0.05) is 60.7 Å². The van der Waals surface area contributed by atoms with Crippen LogP contribution in [-0.2, 0) is 13.1 Å². The molecule has 0 amide bonds. The Morgan fingerprint density at radius 1 is 1.04 bits per heavy atom. The number of hydrogen-bond donors (Lipinski definition) is 1. The quantitative estimate of drug-likeness (QED) is 0.414. The Bertz CT molecular complexity index is 605. The summed E-state index contributed by atoms with van der Waals surface area (Å²) < 4.78 is 0. The molecule has 0 saturated heterocycles. The van der Waals surface area contributed by atoms with Crippen molar-refractivity contribution in [2.75, 3.05) is 19.6 Å². The molecule has 1 N–H and O–H groups in total. The van der Waals surface area contributed by atoms with E-state index in [-0.39, 0.29) is 4.92 Å². The van der Waals surface area contributed by atoms with E-state index in [0.29, 0.717) is 6.54 Å². The molecule has 0 aliphatic heterocycles. The summed E-state index contributed by atoms with van der Waals surface area (Å²) in [4.78, 5) is 12.9. The molecule has 1 unspecified atom stereocenters. The summed E-state index contributed by atoms with van der Waals surface area (Å²) in [5.41, 5.74) is 2.42. The standard InChI is InChI=1S/C19H25N3O2/c1-17(22(23)24)15-21(16-19-10-6-3-7-11-19)13-12-20-14-18-8-4-2-5-9-18/h2-11,17,20H,12-16H2,1H3. The van der Waals surface area contributed by atoms with Gasteiger partial charge in [-0.25, -0.2) is 0 Å². The predicted octanol–water partition coefficient (Wildman–Crippen LogP) is 2.94. The van der Waals surface area contributed by atoms with Crippen molar-refractivity contribution in [3.05, 3.63) is 81.9 Å². The molecule has 0 aromatic heterocycles. The molecule has 2 rings (SSSR count). The van der Waals surface area contributed by atoms with Crippen LogP contribution >= 0.6 is 0 Å². The molecule has 1 atom stereocenters. The molecule has 0 bridgehead atoms. The van der Waals surface area contributed by atoms with Gasteiger partial charge in [-0.3, -0.25) is 15.0 Å². The normalized spacial score (nSPS) is 12.2. The van der Waals surface area contributed by atoms with Gasteiger partial charge in [-0.05, 0) is 11.1 Å². The van der Waals surface area contributed by atoms with Gasteiger partial charge < -0.3 is 5.32 Å². The SMILES string of the molecule is CC(CN(CCNCc1ccccc1)Cc1ccccc1)[N+](=O)[O-]. The van der Waals surface area contributed by atoms with Gasteiger partial charge >= 0.3 is 0 Å². The summed E-state index contributed by atoms with van der Waals surface area (Å²) in [6, 6.07) is 19.8. The van der Waals surface area contributed by atoms with Gasteiger partial charge in [-0.15, -0.1) is 0 Å². The van der Waals surface area contributed by atoms with Gasteiger partial charge in [-0.2, -0.15) is 0 Å². The Morgan fingerprint density at radius 2 is 1.62 bits per heavy atom. The fourth-order valence-corrected chi connectivity index (χ4v) is 2.58. The van der Waals surface area contributed by atoms with Crippen LogP contribution in [0.5, 0.6) is 0 Å². The van der Waals surface area contributed by atoms with Gasteiger partial charge in [0.15, 0.2) is 0 Å². The highest BCUT2D eigenvalue weighted by Gasteiger charge is 2.18. The van der Waals surface area contributed by atoms with Crippen LogP contribution in [0.4, 0.5) is 0 Å². The van der Waals surface area contributed by atoms with Gasteiger partial charge in [0.2, 0.25) is 6.04 Å². The highest BCUT2D eigenvalue weighted by molar-refractivity contribution is 5.15. The monoisotopic (exact) mass is 327 g/mol. The van der Waals surface area contributed by atoms with Crippen LogP contribution in [0.3, 0.4) is 0 Å². The van der Waals surface area contributed by atoms with Crippen LogP contribution in [0.2, 0.25) is 0 Å². The Hall–Kier alpha value is -2.24. The van der Waals surface area contributed by atoms with Gasteiger partial charge in [0.1, 0.15) is 0 Å². The third-order valence-corrected chi connectivity index (χ3v) is 3.91. The minimum Gasteiger partial charge on any atom is -0.311 e. The maximum Gasteiger partial charge on any atom is 0.222 e. The number of hydrogen-bond acceptors (Lipinski definition) is 4. The molecule has 0 aliphatic carbocycles. The Balaban J connectivity index is 1.84. The van der Waals surface area contributed by atoms with E-state index < -0.39 is 6.04 Å². The highest BCUT2D eigenvalue weighted by Crippen LogP contribution is 2.06. The van der Waals surface area contributed by atoms with Crippen LogP contribution in [0.25, 0.3) is 0 Å². The van der Waals surface area contributed by atoms with Gasteiger partial charge in [0.05, 0.1) is 6.54 Å². The van der Waals surface area contributed by atoms with Crippen LogP contribution < -0.4 is 5.32 Å². The molecule has 5 nitrogen and oxygen atoms in total. The minimum atomic E-state index is -0.567. The first kappa shape index (κ1) is 18.1. The third kappa shape index (κ3) is 6.48. The lowest BCUT2D eigenvalue weighted by molar-refractivity contribution is -0.518. The Morgan fingerprint density at radius 3 is 2.21 bits per heavy atom. The summed E-state index contributed by atoms with van der Waals surface area (Å²) in [5.74, 6) is 0. The van der Waals surface area contributed by atoms with E-state index >= 15 is 0 Å². The number of benzene rings is 2. The molecule has 2 aromatic rings. The van der Waals surface area contributed by atoms with E-state index in [1.54, 1.807) is 6.92 Å². The zero-order valence-electron chi connectivity index (χ0n) is 14.1. The van der Waals surface area contributed by atoms with E-state index in [4.69, 9.17) is 0 Å². The minimum absolute atomic E-state index is 0.213. The fraction of sp³-hybridized carbons (Fsp3) is 0.368. The largest absolute Gasteiger partial charge is 0.311 e. The van der Waals surface area contributed by atoms with Crippen molar-refractivity contribution in [2.45, 2.75) is 26.1 Å². The van der Waals surface area contributed by atoms with E-state index in [9.17, 15) is 10.1 Å². The molecule has 24 heavy (non-hydrogen) atoms. The summed E-state index contributed by atoms with van der Waals surface area (Å²) in [6.07, 6.45) is 0. The maximum absolute atomic E-state index is 11.0. The van der Waals surface area contributed by atoms with Crippen molar-refractivity contribution >= 4 is 0 Å². The first-order valence-corrected chi connectivity index (χ1v) is 8.29. The molecule has 5 heteroatoms. The number of nitrogens with one attached hydrogen (secondary N) is 1. The molecule has 0 heterocycles. The van der Waals surface area contributed by atoms with E-state index in [1.807, 2.05) is 36.4 Å². The van der Waals surface area contributed by atoms with Crippen molar-refractivity contribution in [2.24, 2.45) is 0 Å². The highest BCUT2D eigenvalue weighted by atomic mass is 16.6. The van der Waals surface area contributed by atoms with Gasteiger partial charge in [0.25, 0.3) is 0 Å². The average molecular weight is 327 g/mol. The molecule has 0 aliphatic rings. The lowest BCUT2D eigenvalue weighted by atomic mass is 10.2. The fourth-order valence-electron chi connectivity index (χ4n) is 2.58. The average Bonchev–Trinajstić information content (AvgIpc) is 2.60. The van der Waals surface area contributed by atoms with Crippen molar-refractivity contribution in [3.63, 3.8) is 0 Å². The first-order chi connectivity index (χ1) is 11.6. The maximum atomic E-state index is 11.0. The summed E-state index contributed by atoms with van der Waals surface area (Å²) in [5, 5.41) is 14.4. The van der Waals surface area contributed by atoms with E-state index in [2.05, 4.69) is 34.5 Å². The lowest BCUT2D eigenvalue weighted by Gasteiger charge is -2.23. The van der Waals surface area contributed by atoms with Crippen molar-refractivity contribution in [1.82, 2.24) is 10.2 Å². The number of rotatable bonds is 10. The predicted molar refractivity (Wildman–Crippen MR) is 96.3 cm³/mol. The smallest absolute Gasteiger partial charge is 0.222 e. The Labute approximate surface area is 143 Å². The number of nitrogens with zero attached hydrogens (tertiary/aromatic N) is 2. The number of nitro groups is 1. The summed E-state index contributed by atoms with van der Waals surface area (Å²) in [6.45, 7) is 5.23. The molecule has 128 valence electrons. The first-order valence-electron chi connectivity index (χ1n) is 8.29. The van der Waals surface area contributed by atoms with Crippen LogP contribution in [-0.4, -0.2) is 35.5 Å². The summed E-state index contributed by atoms with van der Waals surface area (Å²) >= 11 is 0. The molecule has 2 aromatic carbocycles. The second-order valence-corrected chi connectivity index (χ2v) is 6.02. The molecular weight excluding hydrogens is 302 g/mol. The molecule has 0 radical (unpaired) electrons. The molecule has 0 fully saturated rings. The van der Waals surface area contributed by atoms with Crippen molar-refractivity contribution in [3.8, 4) is 0 Å². The van der Waals surface area contributed by atoms with Crippen molar-refractivity contribution in [1.29, 1.82) is 0 Å².